The summed E-state index contributed by atoms with van der Waals surface area (Å²) in [6.45, 7) is 2.61. The molecular formula is C44H76N18O11. The molecule has 0 aromatic carbocycles. The zero-order valence-electron chi connectivity index (χ0n) is 41.5. The average molecular weight is 1030 g/mol. The quantitative estimate of drug-likeness (QED) is 0.0135. The maximum atomic E-state index is 14.3. The van der Waals surface area contributed by atoms with Crippen LogP contribution in [0.5, 0.6) is 0 Å². The zero-order valence-corrected chi connectivity index (χ0v) is 41.5. The second kappa shape index (κ2) is 32.9. The number of nitrogens with two attached hydrogens (primary N) is 7. The largest absolute Gasteiger partial charge is 0.477 e. The van der Waals surface area contributed by atoms with Crippen molar-refractivity contribution in [1.82, 2.24) is 46.8 Å². The van der Waals surface area contributed by atoms with E-state index in [1.807, 2.05) is 0 Å². The number of hydrogen-bond acceptors (Lipinski definition) is 17. The van der Waals surface area contributed by atoms with E-state index in [0.717, 1.165) is 0 Å². The molecule has 2 heterocycles. The number of H-pyrrole nitrogens is 1. The van der Waals surface area contributed by atoms with Gasteiger partial charge in [-0.1, -0.05) is 12.5 Å². The Hall–Kier alpha value is -6.92. The molecule has 23 N–H and O–H groups in total. The van der Waals surface area contributed by atoms with Crippen LogP contribution in [0.4, 0.5) is 0 Å². The van der Waals surface area contributed by atoms with Crippen molar-refractivity contribution in [3.63, 3.8) is 0 Å². The van der Waals surface area contributed by atoms with Crippen LogP contribution in [0.15, 0.2) is 34.3 Å². The summed E-state index contributed by atoms with van der Waals surface area (Å²) < 4.78 is 0. The van der Waals surface area contributed by atoms with Gasteiger partial charge in [0, 0.05) is 37.4 Å². The molecule has 0 unspecified atom stereocenters. The summed E-state index contributed by atoms with van der Waals surface area (Å²) in [6, 6.07) is -8.29. The van der Waals surface area contributed by atoms with Gasteiger partial charge in [0.1, 0.15) is 41.6 Å². The number of nitrogens with zero attached hydrogens (tertiary/aromatic N) is 4. The van der Waals surface area contributed by atoms with Crippen molar-refractivity contribution >= 4 is 64.9 Å². The van der Waals surface area contributed by atoms with E-state index < -0.39 is 120 Å². The lowest BCUT2D eigenvalue weighted by atomic mass is 10.1. The number of carboxylic acids is 1. The summed E-state index contributed by atoms with van der Waals surface area (Å²) in [4.78, 5) is 136. The Morgan fingerprint density at radius 2 is 1.52 bits per heavy atom. The molecule has 1 saturated heterocycles. The summed E-state index contributed by atoms with van der Waals surface area (Å²) in [5.74, 6) is -8.42. The highest BCUT2D eigenvalue weighted by molar-refractivity contribution is 6.40. The number of aliphatic imine (C=N–C) groups is 2. The summed E-state index contributed by atoms with van der Waals surface area (Å²) in [5, 5.41) is 34.9. The van der Waals surface area contributed by atoms with Gasteiger partial charge in [0.2, 0.25) is 35.4 Å². The fourth-order valence-electron chi connectivity index (χ4n) is 7.40. The molecule has 29 nitrogen and oxygen atoms in total. The summed E-state index contributed by atoms with van der Waals surface area (Å²) in [7, 11) is 0. The molecule has 1 aliphatic rings. The molecule has 1 aliphatic heterocycles. The lowest BCUT2D eigenvalue weighted by molar-refractivity contribution is -0.138. The highest BCUT2D eigenvalue weighted by Crippen LogP contribution is 2.25. The van der Waals surface area contributed by atoms with Crippen molar-refractivity contribution in [2.75, 3.05) is 39.3 Å². The first kappa shape index (κ1) is 62.2. The van der Waals surface area contributed by atoms with Crippen molar-refractivity contribution < 1.29 is 53.4 Å². The van der Waals surface area contributed by atoms with Crippen molar-refractivity contribution in [1.29, 1.82) is 0 Å². The number of likely N-dealkylation sites (tertiary alicyclic amines) is 1. The molecule has 29 heteroatoms. The van der Waals surface area contributed by atoms with Crippen molar-refractivity contribution in [2.24, 2.45) is 50.1 Å². The molecule has 1 aromatic heterocycles. The molecule has 1 aromatic rings. The number of unbranched alkanes of at least 4 members (excludes halogenated alkanes) is 2. The van der Waals surface area contributed by atoms with Crippen LogP contribution in [0, 0.1) is 0 Å². The Labute approximate surface area is 422 Å². The number of aromatic nitrogens is 2. The number of aliphatic hydroxyl groups excluding tert-OH is 1. The predicted octanol–water partition coefficient (Wildman–Crippen LogP) is -6.23. The molecule has 0 bridgehead atoms. The van der Waals surface area contributed by atoms with Crippen LogP contribution in [-0.2, 0) is 49.6 Å². The first-order chi connectivity index (χ1) is 34.7. The van der Waals surface area contributed by atoms with Crippen LogP contribution in [0.25, 0.3) is 0 Å². The standard InChI is InChI=1S/C44H76N18O11/c1-24-13-14-32(40(69)60-31(19-26-21-52-23-55-26)39(68)58-28(10-4-6-16-46)38(67)59-30(43(72)73)12-8-18-53-44(50)51)62(24)42(71)29(11-7-17-47)57-34(64)22-54-36(65)25(2)56-41(70)35(33(63)20-48)61-37(66)27(49)9-3-5-15-45/h12,21,23-25,27-28,31-33,35,63H,3-11,13-20,22,45-49H2,1-2H3,(H,52,55)(H,54,65)(H,56,70)(H,58,68)(H,59,67)(H,60,69)(H,61,66)(H,72,73)(H4,50,51,53)/b30-12-,57-29?/t24-,25-,27-,28-,31-,32-,33-,35-/m0/s1. The van der Waals surface area contributed by atoms with Gasteiger partial charge >= 0.3 is 5.97 Å². The van der Waals surface area contributed by atoms with E-state index in [2.05, 4.69) is 51.9 Å². The third-order valence-electron chi connectivity index (χ3n) is 11.5. The molecule has 73 heavy (non-hydrogen) atoms. The highest BCUT2D eigenvalue weighted by atomic mass is 16.4. The molecule has 0 spiro atoms. The molecule has 2 rings (SSSR count). The van der Waals surface area contributed by atoms with Gasteiger partial charge in [-0.05, 0) is 97.7 Å². The molecule has 8 amide bonds. The second-order valence-electron chi connectivity index (χ2n) is 17.3. The van der Waals surface area contributed by atoms with Crippen LogP contribution in [0.2, 0.25) is 0 Å². The van der Waals surface area contributed by atoms with E-state index in [9.17, 15) is 53.4 Å². The van der Waals surface area contributed by atoms with E-state index in [1.165, 1.54) is 30.4 Å². The minimum absolute atomic E-state index is 0.0382. The number of carboxylic acid groups (broad SMARTS) is 1. The Kier molecular flexibility index (Phi) is 28.1. The number of rotatable bonds is 33. The summed E-state index contributed by atoms with van der Waals surface area (Å²) >= 11 is 0. The first-order valence-corrected chi connectivity index (χ1v) is 24.1. The van der Waals surface area contributed by atoms with E-state index in [0.29, 0.717) is 44.3 Å². The normalized spacial score (nSPS) is 17.2. The highest BCUT2D eigenvalue weighted by Gasteiger charge is 2.42. The average Bonchev–Trinajstić information content (AvgIpc) is 4.02. The predicted molar refractivity (Wildman–Crippen MR) is 267 cm³/mol. The van der Waals surface area contributed by atoms with Crippen LogP contribution < -0.4 is 72.0 Å². The number of carbonyl (C=O) groups is 9. The Balaban J connectivity index is 2.29. The summed E-state index contributed by atoms with van der Waals surface area (Å²) in [6.07, 6.45) is 5.21. The third kappa shape index (κ3) is 21.8. The fraction of sp³-hybridized carbons (Fsp3) is 0.636. The summed E-state index contributed by atoms with van der Waals surface area (Å²) in [5.41, 5.74) is 38.7. The van der Waals surface area contributed by atoms with E-state index >= 15 is 0 Å². The lowest BCUT2D eigenvalue weighted by Gasteiger charge is -2.30. The van der Waals surface area contributed by atoms with Gasteiger partial charge in [-0.25, -0.2) is 14.8 Å². The number of aliphatic carboxylic acids is 1. The fourth-order valence-corrected chi connectivity index (χ4v) is 7.40. The molecule has 0 saturated carbocycles. The van der Waals surface area contributed by atoms with Gasteiger partial charge < -0.3 is 92.1 Å². The van der Waals surface area contributed by atoms with Crippen molar-refractivity contribution in [2.45, 2.75) is 139 Å². The topological polar surface area (TPSA) is 505 Å². The number of guanidine groups is 1. The number of amides is 8. The van der Waals surface area contributed by atoms with Gasteiger partial charge in [-0.2, -0.15) is 0 Å². The minimum atomic E-state index is -1.57. The first-order valence-electron chi connectivity index (χ1n) is 24.1. The van der Waals surface area contributed by atoms with Gasteiger partial charge in [0.15, 0.2) is 5.96 Å². The Morgan fingerprint density at radius 1 is 0.849 bits per heavy atom. The third-order valence-corrected chi connectivity index (χ3v) is 11.5. The number of imidazole rings is 1. The maximum absolute atomic E-state index is 14.3. The van der Waals surface area contributed by atoms with Crippen LogP contribution in [0.3, 0.4) is 0 Å². The molecule has 8 atom stereocenters. The van der Waals surface area contributed by atoms with Gasteiger partial charge in [0.05, 0.1) is 25.0 Å². The molecule has 0 radical (unpaired) electrons. The smallest absolute Gasteiger partial charge is 0.352 e. The van der Waals surface area contributed by atoms with Crippen LogP contribution in [-0.4, -0.2) is 178 Å². The second-order valence-corrected chi connectivity index (χ2v) is 17.3. The monoisotopic (exact) mass is 1030 g/mol. The van der Waals surface area contributed by atoms with Crippen LogP contribution >= 0.6 is 0 Å². The number of aromatic amines is 1. The number of aliphatic hydroxyl groups is 1. The van der Waals surface area contributed by atoms with E-state index in [1.54, 1.807) is 6.92 Å². The number of carbonyl (C=O) groups excluding carboxylic acids is 8. The van der Waals surface area contributed by atoms with E-state index in [4.69, 9.17) is 40.1 Å². The minimum Gasteiger partial charge on any atom is -0.477 e. The zero-order chi connectivity index (χ0) is 54.6. The maximum Gasteiger partial charge on any atom is 0.352 e. The number of nitrogens with one attached hydrogen (secondary N) is 7. The van der Waals surface area contributed by atoms with Gasteiger partial charge in [-0.3, -0.25) is 43.3 Å². The van der Waals surface area contributed by atoms with E-state index in [-0.39, 0.29) is 76.3 Å². The lowest BCUT2D eigenvalue weighted by Crippen LogP contribution is -2.60. The molecule has 1 fully saturated rings. The van der Waals surface area contributed by atoms with Gasteiger partial charge in [0.25, 0.3) is 11.8 Å². The Bertz CT molecular complexity index is 2100. The van der Waals surface area contributed by atoms with Crippen LogP contribution in [0.1, 0.15) is 90.2 Å². The number of hydrogen-bond donors (Lipinski definition) is 16. The molecular weight excluding hydrogens is 957 g/mol. The molecule has 408 valence electrons. The van der Waals surface area contributed by atoms with Gasteiger partial charge in [-0.15, -0.1) is 0 Å². The SMILES string of the molecule is C[C@H](NC(=O)[C@@H](NC(=O)[C@@H](N)CCCCN)[C@@H](O)CN)C(=O)NCC(=O)N=C(CCCN)C(=O)N1[C@@H](C)CC[C@H]1C(=O)N[C@@H](Cc1cnc[nH]1)C(=O)N[C@@H](CCCCN)C(=O)N/C(=C\CCN=C(N)N)C(=O)O. The molecule has 0 aliphatic carbocycles. The van der Waals surface area contributed by atoms with Crippen molar-refractivity contribution in [3.05, 3.63) is 30.0 Å². The Morgan fingerprint density at radius 3 is 2.12 bits per heavy atom. The van der Waals surface area contributed by atoms with Crippen molar-refractivity contribution in [3.8, 4) is 0 Å².